The number of amides is 2. The molecule has 0 unspecified atom stereocenters. The zero-order chi connectivity index (χ0) is 20.4. The average molecular weight is 450 g/mol. The van der Waals surface area contributed by atoms with Crippen LogP contribution in [0.15, 0.2) is 16.4 Å². The number of nitrogen functional groups attached to an aromatic ring is 1. The zero-order valence-electron chi connectivity index (χ0n) is 15.4. The van der Waals surface area contributed by atoms with E-state index in [4.69, 9.17) is 10.6 Å². The van der Waals surface area contributed by atoms with Crippen LogP contribution < -0.4 is 45.7 Å². The molecule has 3 rings (SSSR count). The molecule has 0 saturated carbocycles. The molecule has 0 spiro atoms. The number of β-lactam (4-membered cyclic amide) rings is 1. The predicted molar refractivity (Wildman–Crippen MR) is 96.6 cm³/mol. The number of fused-ring (bicyclic) bond motifs is 1. The number of anilines is 1. The van der Waals surface area contributed by atoms with Gasteiger partial charge in [0.25, 0.3) is 11.8 Å². The third kappa shape index (κ3) is 4.57. The van der Waals surface area contributed by atoms with Crippen LogP contribution >= 0.6 is 23.3 Å². The maximum absolute atomic E-state index is 12.6. The number of aromatic nitrogens is 2. The van der Waals surface area contributed by atoms with Gasteiger partial charge in [0.2, 0.25) is 11.5 Å². The average Bonchev–Trinajstić information content (AvgIpc) is 3.10. The first-order chi connectivity index (χ1) is 13.4. The summed E-state index contributed by atoms with van der Waals surface area (Å²) in [5.41, 5.74) is 5.09. The SMILES string of the molecule is CCO/N=C(\C(=O)N[C@@H]1C(=O)N2C(C(=O)[O-])=C(CO)CS[C@H]12)c1nsc(N)n1.[Na+]. The third-order valence-electron chi connectivity index (χ3n) is 3.87. The Morgan fingerprint density at radius 2 is 2.24 bits per heavy atom. The Morgan fingerprint density at radius 1 is 1.52 bits per heavy atom. The number of nitrogens with two attached hydrogens (primary N) is 1. The number of thioether (sulfide) groups is 1. The summed E-state index contributed by atoms with van der Waals surface area (Å²) in [6.45, 7) is 1.35. The van der Waals surface area contributed by atoms with Gasteiger partial charge in [-0.3, -0.25) is 14.5 Å². The number of carboxylic acids is 1. The quantitative estimate of drug-likeness (QED) is 0.157. The van der Waals surface area contributed by atoms with E-state index in [1.165, 1.54) is 11.8 Å². The van der Waals surface area contributed by atoms with E-state index in [-0.39, 0.29) is 69.9 Å². The molecule has 29 heavy (non-hydrogen) atoms. The molecule has 1 aromatic heterocycles. The summed E-state index contributed by atoms with van der Waals surface area (Å²) >= 11 is 2.08. The van der Waals surface area contributed by atoms with Crippen molar-refractivity contribution in [1.82, 2.24) is 19.6 Å². The van der Waals surface area contributed by atoms with Crippen molar-refractivity contribution in [2.24, 2.45) is 5.16 Å². The van der Waals surface area contributed by atoms with Crippen LogP contribution in [0.1, 0.15) is 12.7 Å². The minimum Gasteiger partial charge on any atom is -0.543 e. The van der Waals surface area contributed by atoms with Gasteiger partial charge in [0.05, 0.1) is 18.3 Å². The number of nitrogens with one attached hydrogen (secondary N) is 1. The van der Waals surface area contributed by atoms with Gasteiger partial charge in [-0.1, -0.05) is 5.16 Å². The molecule has 3 heterocycles. The molecule has 0 aliphatic carbocycles. The van der Waals surface area contributed by atoms with Crippen LogP contribution in [0.3, 0.4) is 0 Å². The monoisotopic (exact) mass is 450 g/mol. The summed E-state index contributed by atoms with van der Waals surface area (Å²) < 4.78 is 3.91. The molecular weight excluding hydrogens is 435 g/mol. The molecule has 1 aromatic rings. The molecule has 2 amide bonds. The van der Waals surface area contributed by atoms with E-state index in [0.29, 0.717) is 0 Å². The van der Waals surface area contributed by atoms with Crippen molar-refractivity contribution in [2.75, 3.05) is 24.7 Å². The number of aliphatic carboxylic acids is 1. The van der Waals surface area contributed by atoms with Gasteiger partial charge in [-0.15, -0.1) is 11.8 Å². The standard InChI is InChI=1S/C14H16N6O6S2.Na/c1-2-26-18-6(9-17-14(15)28-19-9)10(22)16-7-11(23)20-8(13(24)25)5(3-21)4-27-12(7)20;/h7,12,21H,2-4H2,1H3,(H,16,22)(H,24,25)(H2,15,17,19);/q;+1/p-1/b18-6-;/t7-,12-;/m1./s1. The Kier molecular flexibility index (Phi) is 8.02. The number of carbonyl (C=O) groups excluding carboxylic acids is 3. The van der Waals surface area contributed by atoms with E-state index < -0.39 is 35.8 Å². The first kappa shape index (κ1) is 23.6. The number of carboxylic acid groups (broad SMARTS) is 1. The van der Waals surface area contributed by atoms with Crippen LogP contribution in [0.5, 0.6) is 0 Å². The number of aliphatic hydroxyl groups is 1. The van der Waals surface area contributed by atoms with Crippen molar-refractivity contribution >= 4 is 51.9 Å². The van der Waals surface area contributed by atoms with Crippen LogP contribution in [0.2, 0.25) is 0 Å². The zero-order valence-corrected chi connectivity index (χ0v) is 19.1. The van der Waals surface area contributed by atoms with E-state index in [1.54, 1.807) is 6.92 Å². The van der Waals surface area contributed by atoms with Gasteiger partial charge in [-0.25, -0.2) is 0 Å². The van der Waals surface area contributed by atoms with Crippen LogP contribution in [0.25, 0.3) is 0 Å². The largest absolute Gasteiger partial charge is 1.00 e. The number of hydrogen-bond acceptors (Lipinski definition) is 12. The first-order valence-corrected chi connectivity index (χ1v) is 9.80. The second-order valence-electron chi connectivity index (χ2n) is 5.57. The van der Waals surface area contributed by atoms with Gasteiger partial charge in [-0.05, 0) is 12.5 Å². The Labute approximate surface area is 195 Å². The minimum absolute atomic E-state index is 0. The molecule has 4 N–H and O–H groups in total. The molecule has 15 heteroatoms. The summed E-state index contributed by atoms with van der Waals surface area (Å²) in [7, 11) is 0. The predicted octanol–water partition coefficient (Wildman–Crippen LogP) is -5.74. The number of aliphatic hydroxyl groups excluding tert-OH is 1. The number of hydrogen-bond donors (Lipinski definition) is 3. The molecule has 2 aliphatic heterocycles. The maximum Gasteiger partial charge on any atom is 1.00 e. The normalized spacial score (nSPS) is 21.1. The van der Waals surface area contributed by atoms with Gasteiger partial charge >= 0.3 is 29.6 Å². The molecule has 2 atom stereocenters. The third-order valence-corrected chi connectivity index (χ3v) is 5.75. The molecule has 2 aliphatic rings. The van der Waals surface area contributed by atoms with Crippen LogP contribution in [-0.2, 0) is 19.2 Å². The topological polar surface area (TPSA) is 183 Å². The van der Waals surface area contributed by atoms with Gasteiger partial charge in [0.1, 0.15) is 18.0 Å². The van der Waals surface area contributed by atoms with Crippen molar-refractivity contribution in [3.63, 3.8) is 0 Å². The number of rotatable bonds is 7. The van der Waals surface area contributed by atoms with E-state index >= 15 is 0 Å². The molecule has 0 aromatic carbocycles. The summed E-state index contributed by atoms with van der Waals surface area (Å²) in [5, 5.41) is 26.3. The van der Waals surface area contributed by atoms with E-state index in [0.717, 1.165) is 16.4 Å². The molecular formula is C14H15N6NaO6S2. The van der Waals surface area contributed by atoms with E-state index in [1.807, 2.05) is 0 Å². The van der Waals surface area contributed by atoms with E-state index in [9.17, 15) is 24.6 Å². The molecule has 1 fully saturated rings. The van der Waals surface area contributed by atoms with Crippen LogP contribution in [0.4, 0.5) is 5.13 Å². The van der Waals surface area contributed by atoms with Gasteiger partial charge in [0.15, 0.2) is 5.13 Å². The molecule has 0 bridgehead atoms. The fourth-order valence-corrected chi connectivity index (χ4v) is 4.42. The maximum atomic E-state index is 12.6. The van der Waals surface area contributed by atoms with Gasteiger partial charge in [0, 0.05) is 17.3 Å². The van der Waals surface area contributed by atoms with Crippen molar-refractivity contribution in [3.8, 4) is 0 Å². The fourth-order valence-electron chi connectivity index (χ4n) is 2.65. The number of nitrogens with zero attached hydrogens (tertiary/aromatic N) is 4. The fraction of sp³-hybridized carbons (Fsp3) is 0.429. The first-order valence-electron chi connectivity index (χ1n) is 7.98. The second-order valence-corrected chi connectivity index (χ2v) is 7.46. The van der Waals surface area contributed by atoms with Crippen molar-refractivity contribution in [1.29, 1.82) is 0 Å². The van der Waals surface area contributed by atoms with Crippen molar-refractivity contribution < 1.29 is 59.0 Å². The molecule has 12 nitrogen and oxygen atoms in total. The molecule has 150 valence electrons. The summed E-state index contributed by atoms with van der Waals surface area (Å²) in [6.07, 6.45) is 0. The van der Waals surface area contributed by atoms with Gasteiger partial charge < -0.3 is 30.9 Å². The Balaban J connectivity index is 0.00000300. The van der Waals surface area contributed by atoms with Crippen molar-refractivity contribution in [3.05, 3.63) is 17.1 Å². The van der Waals surface area contributed by atoms with E-state index in [2.05, 4.69) is 19.8 Å². The molecule has 1 saturated heterocycles. The van der Waals surface area contributed by atoms with Crippen LogP contribution in [-0.4, -0.2) is 73.2 Å². The van der Waals surface area contributed by atoms with Crippen LogP contribution in [0, 0.1) is 0 Å². The minimum atomic E-state index is -1.56. The Morgan fingerprint density at radius 3 is 2.79 bits per heavy atom. The number of carbonyl (C=O) groups is 3. The Hall–Kier alpha value is -1.71. The number of oxime groups is 1. The summed E-state index contributed by atoms with van der Waals surface area (Å²) in [5.74, 6) is -2.83. The van der Waals surface area contributed by atoms with Gasteiger partial charge in [-0.2, -0.15) is 9.36 Å². The summed E-state index contributed by atoms with van der Waals surface area (Å²) in [4.78, 5) is 46.2. The second kappa shape index (κ2) is 9.86. The smallest absolute Gasteiger partial charge is 0.543 e. The Bertz CT molecular complexity index is 890. The molecule has 0 radical (unpaired) electrons. The summed E-state index contributed by atoms with van der Waals surface area (Å²) in [6, 6.07) is -0.991. The van der Waals surface area contributed by atoms with Crippen molar-refractivity contribution in [2.45, 2.75) is 18.3 Å².